The van der Waals surface area contributed by atoms with E-state index in [9.17, 15) is 68.1 Å². The lowest BCUT2D eigenvalue weighted by Crippen LogP contribution is -2.62. The molecule has 24 nitrogen and oxygen atoms in total. The molecule has 0 aromatic rings. The number of aliphatic carboxylic acids is 1. The van der Waals surface area contributed by atoms with Crippen molar-refractivity contribution in [3.05, 3.63) is 0 Å². The molecular weight excluding hydrogens is 760 g/mol. The summed E-state index contributed by atoms with van der Waals surface area (Å²) in [6, 6.07) is -11.5. The van der Waals surface area contributed by atoms with Crippen molar-refractivity contribution < 1.29 is 68.1 Å². The maximum atomic E-state index is 13.7. The number of rotatable bonds is 11. The Labute approximate surface area is 326 Å². The number of hydrogen-bond acceptors (Lipinski definition) is 13. The van der Waals surface area contributed by atoms with Crippen molar-refractivity contribution in [1.29, 1.82) is 0 Å². The Hall–Kier alpha value is -5.91. The maximum Gasteiger partial charge on any atom is 0.305 e. The molecule has 0 radical (unpaired) electrons. The minimum Gasteiger partial charge on any atom is -0.481 e. The summed E-state index contributed by atoms with van der Waals surface area (Å²) in [7, 11) is 0. The normalized spacial score (nSPS) is 27.5. The first-order valence-corrected chi connectivity index (χ1v) is 18.2. The van der Waals surface area contributed by atoms with Crippen molar-refractivity contribution >= 4 is 65.0 Å². The third-order valence-corrected chi connectivity index (χ3v) is 9.30. The fourth-order valence-corrected chi connectivity index (χ4v) is 5.98. The van der Waals surface area contributed by atoms with E-state index in [0.29, 0.717) is 0 Å². The topological polar surface area (TPSA) is 388 Å². The number of nitrogens with zero attached hydrogens (tertiary/aromatic N) is 1. The van der Waals surface area contributed by atoms with Crippen molar-refractivity contribution in [2.45, 2.75) is 114 Å². The summed E-state index contributed by atoms with van der Waals surface area (Å²) in [5, 5.41) is 45.8. The van der Waals surface area contributed by atoms with Crippen LogP contribution in [0, 0.1) is 5.92 Å². The molecule has 24 heteroatoms. The van der Waals surface area contributed by atoms with Gasteiger partial charge in [-0.1, -0.05) is 20.3 Å². The number of amides is 10. The van der Waals surface area contributed by atoms with Gasteiger partial charge in [0, 0.05) is 13.0 Å². The summed E-state index contributed by atoms with van der Waals surface area (Å²) in [5.74, 6) is -12.8. The predicted octanol–water partition coefficient (Wildman–Crippen LogP) is -6.95. The molecule has 0 unspecified atom stereocenters. The number of carboxylic acid groups (broad SMARTS) is 1. The third kappa shape index (κ3) is 14.3. The molecule has 318 valence electrons. The zero-order valence-electron chi connectivity index (χ0n) is 31.7. The largest absolute Gasteiger partial charge is 0.481 e. The number of carbonyl (C=O) groups is 11. The first-order valence-electron chi connectivity index (χ1n) is 18.2. The summed E-state index contributed by atoms with van der Waals surface area (Å²) >= 11 is 0. The number of aliphatic hydroxyl groups excluding tert-OH is 2. The molecule has 0 aromatic carbocycles. The van der Waals surface area contributed by atoms with Crippen molar-refractivity contribution in [2.75, 3.05) is 19.7 Å². The first kappa shape index (κ1) is 47.2. The van der Waals surface area contributed by atoms with Crippen molar-refractivity contribution in [1.82, 2.24) is 42.1 Å². The lowest BCUT2D eigenvalue weighted by Gasteiger charge is -2.31. The highest BCUT2D eigenvalue weighted by Crippen LogP contribution is 2.19. The molecule has 0 aliphatic carbocycles. The van der Waals surface area contributed by atoms with Gasteiger partial charge in [-0.2, -0.15) is 0 Å². The van der Waals surface area contributed by atoms with Gasteiger partial charge in [0.1, 0.15) is 42.3 Å². The molecule has 10 amide bonds. The summed E-state index contributed by atoms with van der Waals surface area (Å²) < 4.78 is 0. The van der Waals surface area contributed by atoms with Gasteiger partial charge in [-0.15, -0.1) is 0 Å². The van der Waals surface area contributed by atoms with Gasteiger partial charge in [0.15, 0.2) is 0 Å². The fourth-order valence-electron chi connectivity index (χ4n) is 5.98. The van der Waals surface area contributed by atoms with E-state index >= 15 is 0 Å². The maximum absolute atomic E-state index is 13.7. The standard InChI is InChI=1S/C33H52N10O14/c1-4-14(2)25-31(55)39-18(11-24(49)50)29(53)40-19(13-44)33(57)43-9-5-6-20(43)30(54)38-17(10-22(35)47)27(51)36-12-23(48)41-26(15(3)45)32(56)37-16(28(52)42-25)7-8-21(34)46/h14-20,25-26,44-45H,4-13H2,1-3H3,(H2,34,46)(H2,35,47)(H,36,51)(H,37,56)(H,38,54)(H,39,55)(H,40,53)(H,41,48)(H,42,52)(H,49,50)/t14-,15+,16-,17-,18-,19-,20-,25-,26-/m0/s1. The van der Waals surface area contributed by atoms with E-state index in [2.05, 4.69) is 37.2 Å². The summed E-state index contributed by atoms with van der Waals surface area (Å²) in [6.45, 7) is 2.30. The third-order valence-electron chi connectivity index (χ3n) is 9.30. The van der Waals surface area contributed by atoms with Crippen LogP contribution in [-0.4, -0.2) is 153 Å². The van der Waals surface area contributed by atoms with Gasteiger partial charge in [0.2, 0.25) is 59.1 Å². The van der Waals surface area contributed by atoms with Crippen LogP contribution in [0.15, 0.2) is 0 Å². The Bertz CT molecular complexity index is 1570. The molecular formula is C33H52N10O14. The molecule has 2 saturated heterocycles. The number of nitrogens with one attached hydrogen (secondary N) is 7. The number of carboxylic acids is 1. The van der Waals surface area contributed by atoms with E-state index < -0.39 is 158 Å². The summed E-state index contributed by atoms with van der Waals surface area (Å²) in [4.78, 5) is 143. The Kier molecular flexibility index (Phi) is 18.2. The summed E-state index contributed by atoms with van der Waals surface area (Å²) in [5.41, 5.74) is 10.5. The Morgan fingerprint density at radius 2 is 1.30 bits per heavy atom. The average Bonchev–Trinajstić information content (AvgIpc) is 3.63. The number of primary amides is 2. The minimum atomic E-state index is -1.89. The molecule has 0 aromatic heterocycles. The molecule has 2 aliphatic rings. The van der Waals surface area contributed by atoms with Crippen LogP contribution in [0.3, 0.4) is 0 Å². The monoisotopic (exact) mass is 812 g/mol. The van der Waals surface area contributed by atoms with E-state index in [1.807, 2.05) is 0 Å². The van der Waals surface area contributed by atoms with Crippen molar-refractivity contribution in [2.24, 2.45) is 17.4 Å². The van der Waals surface area contributed by atoms with E-state index in [1.165, 1.54) is 6.92 Å². The van der Waals surface area contributed by atoms with Gasteiger partial charge in [-0.05, 0) is 32.1 Å². The van der Waals surface area contributed by atoms with Gasteiger partial charge < -0.3 is 68.9 Å². The molecule has 14 N–H and O–H groups in total. The van der Waals surface area contributed by atoms with Gasteiger partial charge >= 0.3 is 5.97 Å². The second-order valence-electron chi connectivity index (χ2n) is 13.8. The van der Waals surface area contributed by atoms with Crippen LogP contribution in [0.25, 0.3) is 0 Å². The lowest BCUT2D eigenvalue weighted by molar-refractivity contribution is -0.144. The number of aliphatic hydroxyl groups is 2. The molecule has 0 saturated carbocycles. The Morgan fingerprint density at radius 3 is 1.86 bits per heavy atom. The summed E-state index contributed by atoms with van der Waals surface area (Å²) in [6.07, 6.45) is -3.83. The van der Waals surface area contributed by atoms with E-state index in [1.54, 1.807) is 6.92 Å². The van der Waals surface area contributed by atoms with Crippen LogP contribution >= 0.6 is 0 Å². The molecule has 2 rings (SSSR count). The van der Waals surface area contributed by atoms with Crippen LogP contribution in [0.5, 0.6) is 0 Å². The quantitative estimate of drug-likeness (QED) is 0.0923. The van der Waals surface area contributed by atoms with Crippen LogP contribution in [-0.2, 0) is 52.7 Å². The van der Waals surface area contributed by atoms with Crippen molar-refractivity contribution in [3.63, 3.8) is 0 Å². The highest BCUT2D eigenvalue weighted by atomic mass is 16.4. The van der Waals surface area contributed by atoms with E-state index in [0.717, 1.165) is 11.8 Å². The van der Waals surface area contributed by atoms with E-state index in [-0.39, 0.29) is 25.8 Å². The Balaban J connectivity index is 2.64. The van der Waals surface area contributed by atoms with E-state index in [4.69, 9.17) is 11.5 Å². The highest BCUT2D eigenvalue weighted by Gasteiger charge is 2.41. The smallest absolute Gasteiger partial charge is 0.305 e. The van der Waals surface area contributed by atoms with Gasteiger partial charge in [-0.3, -0.25) is 52.7 Å². The first-order chi connectivity index (χ1) is 26.7. The van der Waals surface area contributed by atoms with Crippen LogP contribution in [0.1, 0.15) is 65.7 Å². The zero-order valence-corrected chi connectivity index (χ0v) is 31.7. The van der Waals surface area contributed by atoms with Crippen LogP contribution < -0.4 is 48.7 Å². The lowest BCUT2D eigenvalue weighted by atomic mass is 9.96. The number of nitrogens with two attached hydrogens (primary N) is 2. The highest BCUT2D eigenvalue weighted by molar-refractivity contribution is 6.00. The Morgan fingerprint density at radius 1 is 0.737 bits per heavy atom. The van der Waals surface area contributed by atoms with Gasteiger partial charge in [-0.25, -0.2) is 0 Å². The van der Waals surface area contributed by atoms with Crippen molar-refractivity contribution in [3.8, 4) is 0 Å². The molecule has 0 spiro atoms. The fraction of sp³-hybridized carbons (Fsp3) is 0.667. The average molecular weight is 813 g/mol. The van der Waals surface area contributed by atoms with Crippen LogP contribution in [0.4, 0.5) is 0 Å². The molecule has 57 heavy (non-hydrogen) atoms. The number of hydrogen-bond donors (Lipinski definition) is 12. The SMILES string of the molecule is CC[C@H](C)[C@@H]1NC(=O)[C@H](CCC(N)=O)NC(=O)[C@H]([C@@H](C)O)NC(=O)CNC(=O)[C@H](CC(N)=O)NC(=O)[C@@H]2CCCN2C(=O)[C@H](CO)NC(=O)[C@H](CC(=O)O)NC1=O. The second-order valence-corrected chi connectivity index (χ2v) is 13.8. The molecule has 2 heterocycles. The van der Waals surface area contributed by atoms with Crippen LogP contribution in [0.2, 0.25) is 0 Å². The zero-order chi connectivity index (χ0) is 43.1. The van der Waals surface area contributed by atoms with Gasteiger partial charge in [0.25, 0.3) is 0 Å². The molecule has 0 bridgehead atoms. The number of carbonyl (C=O) groups excluding carboxylic acids is 10. The molecule has 2 fully saturated rings. The van der Waals surface area contributed by atoms with Gasteiger partial charge in [0.05, 0.1) is 32.1 Å². The number of fused-ring (bicyclic) bond motifs is 1. The predicted molar refractivity (Wildman–Crippen MR) is 192 cm³/mol. The minimum absolute atomic E-state index is 0.0313. The molecule has 9 atom stereocenters. The second kappa shape index (κ2) is 22.0. The molecule has 2 aliphatic heterocycles.